The van der Waals surface area contributed by atoms with E-state index in [-0.39, 0.29) is 31.0 Å². The fourth-order valence-electron chi connectivity index (χ4n) is 4.93. The quantitative estimate of drug-likeness (QED) is 0.194. The van der Waals surface area contributed by atoms with Crippen LogP contribution in [-0.2, 0) is 35.1 Å². The molecule has 0 aromatic heterocycles. The molecule has 0 spiro atoms. The second kappa shape index (κ2) is 16.7. The molecule has 2 fully saturated rings. The van der Waals surface area contributed by atoms with Crippen molar-refractivity contribution in [3.05, 3.63) is 48.0 Å². The Hall–Kier alpha value is -3.16. The number of carboxylic acids is 2. The van der Waals surface area contributed by atoms with E-state index in [9.17, 15) is 29.4 Å². The Morgan fingerprint density at radius 1 is 0.795 bits per heavy atom. The maximum Gasteiger partial charge on any atom is 0.331 e. The first kappa shape index (κ1) is 32.1. The molecule has 3 rings (SSSR count). The average molecular weight is 545 g/mol. The highest BCUT2D eigenvalue weighted by Gasteiger charge is 2.46. The molecule has 2 aliphatic carbocycles. The summed E-state index contributed by atoms with van der Waals surface area (Å²) in [5.41, 5.74) is -0.998. The fraction of sp³-hybridized carbons (Fsp3) is 0.613. The van der Waals surface area contributed by atoms with E-state index in [2.05, 4.69) is 0 Å². The van der Waals surface area contributed by atoms with Crippen molar-refractivity contribution in [3.63, 3.8) is 0 Å². The lowest BCUT2D eigenvalue weighted by Gasteiger charge is -2.25. The lowest BCUT2D eigenvalue weighted by atomic mass is 9.76. The Labute approximate surface area is 231 Å². The minimum absolute atomic E-state index is 0.0191. The summed E-state index contributed by atoms with van der Waals surface area (Å²) in [7, 11) is 0. The maximum absolute atomic E-state index is 11.6. The van der Waals surface area contributed by atoms with Gasteiger partial charge >= 0.3 is 23.9 Å². The van der Waals surface area contributed by atoms with Gasteiger partial charge in [-0.25, -0.2) is 9.59 Å². The van der Waals surface area contributed by atoms with Gasteiger partial charge in [-0.05, 0) is 82.1 Å². The first-order valence-electron chi connectivity index (χ1n) is 14.2. The van der Waals surface area contributed by atoms with Gasteiger partial charge in [0.05, 0.1) is 0 Å². The fourth-order valence-corrected chi connectivity index (χ4v) is 4.93. The standard InChI is InChI=1S/C16H24O4.C15H20O4/c17-15(19-13-7-3-1-4-8-13)11-12-16(18)20-14-9-5-2-6-10-14;1-11(2)8-9-15(13(16)17,14(18)19)10-12-6-4-3-5-7-12/h11-14H,1-10H2;3-7,11H,8-10H2,1-2H3,(H,16,17)(H,18,19)/b12-11-;. The van der Waals surface area contributed by atoms with Gasteiger partial charge in [0, 0.05) is 12.2 Å². The number of carbonyl (C=O) groups excluding carboxylic acids is 2. The van der Waals surface area contributed by atoms with Crippen LogP contribution in [0.2, 0.25) is 0 Å². The lowest BCUT2D eigenvalue weighted by Crippen LogP contribution is -2.41. The number of hydrogen-bond acceptors (Lipinski definition) is 6. The van der Waals surface area contributed by atoms with Crippen molar-refractivity contribution in [2.45, 2.75) is 110 Å². The molecule has 2 N–H and O–H groups in total. The van der Waals surface area contributed by atoms with Gasteiger partial charge in [0.2, 0.25) is 0 Å². The SMILES string of the molecule is CC(C)CCC(Cc1ccccc1)(C(=O)O)C(=O)O.O=C(/C=C\C(=O)OC1CCCCC1)OC1CCCCC1. The number of aliphatic carboxylic acids is 2. The first-order valence-corrected chi connectivity index (χ1v) is 14.2. The summed E-state index contributed by atoms with van der Waals surface area (Å²) in [5.74, 6) is -3.11. The molecule has 0 bridgehead atoms. The van der Waals surface area contributed by atoms with E-state index in [1.807, 2.05) is 19.9 Å². The molecule has 0 aliphatic heterocycles. The van der Waals surface area contributed by atoms with Crippen LogP contribution in [0.4, 0.5) is 0 Å². The van der Waals surface area contributed by atoms with E-state index in [0.29, 0.717) is 6.42 Å². The van der Waals surface area contributed by atoms with Crippen LogP contribution in [0, 0.1) is 11.3 Å². The Morgan fingerprint density at radius 3 is 1.62 bits per heavy atom. The Balaban J connectivity index is 0.000000274. The van der Waals surface area contributed by atoms with Crippen LogP contribution in [-0.4, -0.2) is 46.3 Å². The summed E-state index contributed by atoms with van der Waals surface area (Å²) in [4.78, 5) is 46.2. The molecule has 0 heterocycles. The molecule has 1 aromatic carbocycles. The van der Waals surface area contributed by atoms with Crippen LogP contribution < -0.4 is 0 Å². The van der Waals surface area contributed by atoms with Gasteiger partial charge in [0.1, 0.15) is 12.2 Å². The molecule has 8 heteroatoms. The molecule has 1 aromatic rings. The van der Waals surface area contributed by atoms with Gasteiger partial charge in [-0.3, -0.25) is 9.59 Å². The number of hydrogen-bond donors (Lipinski definition) is 2. The van der Waals surface area contributed by atoms with Crippen molar-refractivity contribution in [2.75, 3.05) is 0 Å². The van der Waals surface area contributed by atoms with E-state index >= 15 is 0 Å². The number of carboxylic acid groups (broad SMARTS) is 2. The smallest absolute Gasteiger partial charge is 0.331 e. The lowest BCUT2D eigenvalue weighted by molar-refractivity contribution is -0.165. The second-order valence-electron chi connectivity index (χ2n) is 11.0. The van der Waals surface area contributed by atoms with Crippen molar-refractivity contribution < 1.29 is 38.9 Å². The van der Waals surface area contributed by atoms with Crippen molar-refractivity contribution in [1.82, 2.24) is 0 Å². The van der Waals surface area contributed by atoms with E-state index in [0.717, 1.165) is 56.9 Å². The largest absolute Gasteiger partial charge is 0.480 e. The van der Waals surface area contributed by atoms with Crippen LogP contribution >= 0.6 is 0 Å². The molecule has 39 heavy (non-hydrogen) atoms. The first-order chi connectivity index (χ1) is 18.6. The normalized spacial score (nSPS) is 16.8. The predicted octanol–water partition coefficient (Wildman–Crippen LogP) is 6.12. The molecule has 0 amide bonds. The van der Waals surface area contributed by atoms with Crippen LogP contribution in [0.5, 0.6) is 0 Å². The number of carbonyl (C=O) groups is 4. The van der Waals surface area contributed by atoms with Crippen LogP contribution in [0.3, 0.4) is 0 Å². The molecule has 2 aliphatic rings. The third-order valence-electron chi connectivity index (χ3n) is 7.34. The minimum atomic E-state index is -1.73. The molecule has 8 nitrogen and oxygen atoms in total. The van der Waals surface area contributed by atoms with Crippen molar-refractivity contribution in [2.24, 2.45) is 11.3 Å². The highest BCUT2D eigenvalue weighted by Crippen LogP contribution is 2.31. The number of rotatable bonds is 11. The van der Waals surface area contributed by atoms with Gasteiger partial charge in [-0.15, -0.1) is 0 Å². The third kappa shape index (κ3) is 11.6. The zero-order valence-corrected chi connectivity index (χ0v) is 23.3. The summed E-state index contributed by atoms with van der Waals surface area (Å²) in [5, 5.41) is 18.8. The summed E-state index contributed by atoms with van der Waals surface area (Å²) in [6.45, 7) is 3.91. The zero-order valence-electron chi connectivity index (χ0n) is 23.3. The maximum atomic E-state index is 11.6. The molecule has 0 radical (unpaired) electrons. The van der Waals surface area contributed by atoms with Gasteiger partial charge in [-0.2, -0.15) is 0 Å². The van der Waals surface area contributed by atoms with Crippen LogP contribution in [0.15, 0.2) is 42.5 Å². The van der Waals surface area contributed by atoms with Gasteiger partial charge in [0.15, 0.2) is 5.41 Å². The summed E-state index contributed by atoms with van der Waals surface area (Å²) >= 11 is 0. The topological polar surface area (TPSA) is 127 Å². The molecule has 0 atom stereocenters. The number of ether oxygens (including phenoxy) is 2. The minimum Gasteiger partial charge on any atom is -0.480 e. The Kier molecular flexibility index (Phi) is 13.7. The average Bonchev–Trinajstić information content (AvgIpc) is 2.91. The van der Waals surface area contributed by atoms with E-state index in [1.54, 1.807) is 24.3 Å². The van der Waals surface area contributed by atoms with Gasteiger partial charge in [-0.1, -0.05) is 57.0 Å². The molecule has 0 unspecified atom stereocenters. The highest BCUT2D eigenvalue weighted by molar-refractivity contribution is 5.98. The molecule has 0 saturated heterocycles. The summed E-state index contributed by atoms with van der Waals surface area (Å²) < 4.78 is 10.6. The number of benzene rings is 1. The third-order valence-corrected chi connectivity index (χ3v) is 7.34. The molecular formula is C31H44O8. The summed E-state index contributed by atoms with van der Waals surface area (Å²) in [6.07, 6.45) is 13.8. The van der Waals surface area contributed by atoms with Crippen molar-refractivity contribution in [1.29, 1.82) is 0 Å². The second-order valence-corrected chi connectivity index (χ2v) is 11.0. The summed E-state index contributed by atoms with van der Waals surface area (Å²) in [6, 6.07) is 8.91. The Bertz CT molecular complexity index is 893. The van der Waals surface area contributed by atoms with Crippen molar-refractivity contribution >= 4 is 23.9 Å². The van der Waals surface area contributed by atoms with Crippen molar-refractivity contribution in [3.8, 4) is 0 Å². The number of esters is 2. The Morgan fingerprint density at radius 2 is 1.23 bits per heavy atom. The van der Waals surface area contributed by atoms with Crippen LogP contribution in [0.1, 0.15) is 96.5 Å². The van der Waals surface area contributed by atoms with E-state index in [4.69, 9.17) is 9.47 Å². The van der Waals surface area contributed by atoms with E-state index in [1.165, 1.54) is 25.0 Å². The zero-order chi connectivity index (χ0) is 28.7. The van der Waals surface area contributed by atoms with Gasteiger partial charge < -0.3 is 19.7 Å². The van der Waals surface area contributed by atoms with Gasteiger partial charge in [0.25, 0.3) is 0 Å². The molecule has 216 valence electrons. The molecular weight excluding hydrogens is 500 g/mol. The van der Waals surface area contributed by atoms with Crippen LogP contribution in [0.25, 0.3) is 0 Å². The monoisotopic (exact) mass is 544 g/mol. The van der Waals surface area contributed by atoms with E-state index < -0.39 is 29.3 Å². The molecule has 2 saturated carbocycles. The predicted molar refractivity (Wildman–Crippen MR) is 147 cm³/mol. The highest BCUT2D eigenvalue weighted by atomic mass is 16.5.